The van der Waals surface area contributed by atoms with Crippen molar-refractivity contribution in [3.05, 3.63) is 35.7 Å². The number of aryl methyl sites for hydroxylation is 1. The van der Waals surface area contributed by atoms with Crippen LogP contribution >= 0.6 is 11.8 Å². The normalized spacial score (nSPS) is 11.1. The summed E-state index contributed by atoms with van der Waals surface area (Å²) in [7, 11) is 1.65. The van der Waals surface area contributed by atoms with Gasteiger partial charge < -0.3 is 14.2 Å². The third-order valence-electron chi connectivity index (χ3n) is 2.70. The molecule has 0 saturated heterocycles. The second-order valence-corrected chi connectivity index (χ2v) is 5.11. The Morgan fingerprint density at radius 3 is 3.00 bits per heavy atom. The fourth-order valence-corrected chi connectivity index (χ4v) is 2.54. The minimum absolute atomic E-state index is 0.706. The highest BCUT2D eigenvalue weighted by Gasteiger charge is 2.07. The number of hydrogen-bond acceptors (Lipinski definition) is 5. The number of benzene rings is 1. The van der Waals surface area contributed by atoms with E-state index in [1.807, 2.05) is 31.2 Å². The molecule has 5 nitrogen and oxygen atoms in total. The number of hydrogen-bond donors (Lipinski definition) is 1. The number of nitrogens with zero attached hydrogens (tertiary/aromatic N) is 2. The van der Waals surface area contributed by atoms with Crippen LogP contribution in [0.2, 0.25) is 0 Å². The van der Waals surface area contributed by atoms with Crippen LogP contribution in [0.15, 0.2) is 33.9 Å². The molecule has 1 N–H and O–H groups in total. The van der Waals surface area contributed by atoms with Gasteiger partial charge in [-0.2, -0.15) is 0 Å². The van der Waals surface area contributed by atoms with Gasteiger partial charge in [-0.1, -0.05) is 16.9 Å². The monoisotopic (exact) mass is 275 g/mol. The molecule has 0 spiro atoms. The molecule has 2 aromatic heterocycles. The second kappa shape index (κ2) is 4.97. The molecule has 0 saturated carbocycles. The van der Waals surface area contributed by atoms with E-state index >= 15 is 0 Å². The summed E-state index contributed by atoms with van der Waals surface area (Å²) in [5, 5.41) is 4.72. The summed E-state index contributed by atoms with van der Waals surface area (Å²) in [4.78, 5) is 7.76. The highest BCUT2D eigenvalue weighted by molar-refractivity contribution is 7.98. The Morgan fingerprint density at radius 1 is 1.37 bits per heavy atom. The zero-order chi connectivity index (χ0) is 13.2. The van der Waals surface area contributed by atoms with Crippen LogP contribution in [0.4, 0.5) is 0 Å². The van der Waals surface area contributed by atoms with Crippen molar-refractivity contribution < 1.29 is 9.26 Å². The molecule has 6 heteroatoms. The zero-order valence-corrected chi connectivity index (χ0v) is 11.5. The van der Waals surface area contributed by atoms with Crippen molar-refractivity contribution in [3.63, 3.8) is 0 Å². The zero-order valence-electron chi connectivity index (χ0n) is 10.6. The molecule has 0 amide bonds. The third kappa shape index (κ3) is 2.58. The molecule has 19 heavy (non-hydrogen) atoms. The second-order valence-electron chi connectivity index (χ2n) is 4.15. The lowest BCUT2D eigenvalue weighted by atomic mass is 10.3. The highest BCUT2D eigenvalue weighted by atomic mass is 32.2. The molecule has 0 aliphatic carbocycles. The summed E-state index contributed by atoms with van der Waals surface area (Å²) in [6, 6.07) is 7.70. The molecule has 0 aliphatic rings. The van der Waals surface area contributed by atoms with Gasteiger partial charge in [0.05, 0.1) is 29.6 Å². The molecular weight excluding hydrogens is 262 g/mol. The predicted octanol–water partition coefficient (Wildman–Crippen LogP) is 3.16. The fourth-order valence-electron chi connectivity index (χ4n) is 1.78. The van der Waals surface area contributed by atoms with E-state index in [2.05, 4.69) is 15.1 Å². The van der Waals surface area contributed by atoms with E-state index in [1.165, 1.54) is 0 Å². The maximum atomic E-state index is 5.19. The number of thioether (sulfide) groups is 1. The van der Waals surface area contributed by atoms with Crippen LogP contribution < -0.4 is 4.74 Å². The van der Waals surface area contributed by atoms with E-state index in [9.17, 15) is 0 Å². The van der Waals surface area contributed by atoms with Crippen LogP contribution in [0, 0.1) is 6.92 Å². The Hall–Kier alpha value is -1.95. The van der Waals surface area contributed by atoms with Gasteiger partial charge >= 0.3 is 0 Å². The average Bonchev–Trinajstić information content (AvgIpc) is 3.01. The molecule has 3 rings (SSSR count). The van der Waals surface area contributed by atoms with Crippen molar-refractivity contribution in [2.75, 3.05) is 7.11 Å². The number of aromatic amines is 1. The Bertz CT molecular complexity index is 705. The van der Waals surface area contributed by atoms with Crippen molar-refractivity contribution in [1.29, 1.82) is 0 Å². The lowest BCUT2D eigenvalue weighted by Gasteiger charge is -1.96. The first-order chi connectivity index (χ1) is 9.24. The first-order valence-electron chi connectivity index (χ1n) is 5.83. The van der Waals surface area contributed by atoms with E-state index in [0.29, 0.717) is 5.75 Å². The SMILES string of the molecule is COc1ccc2nc(SCc3cc(C)no3)[nH]c2c1. The molecule has 0 bridgehead atoms. The van der Waals surface area contributed by atoms with Crippen molar-refractivity contribution in [3.8, 4) is 5.75 Å². The molecule has 2 heterocycles. The first kappa shape index (κ1) is 12.1. The van der Waals surface area contributed by atoms with E-state index in [1.54, 1.807) is 18.9 Å². The Morgan fingerprint density at radius 2 is 2.26 bits per heavy atom. The van der Waals surface area contributed by atoms with Gasteiger partial charge in [0, 0.05) is 12.1 Å². The van der Waals surface area contributed by atoms with E-state index in [0.717, 1.165) is 33.4 Å². The number of methoxy groups -OCH3 is 1. The average molecular weight is 275 g/mol. The lowest BCUT2D eigenvalue weighted by Crippen LogP contribution is -1.81. The minimum Gasteiger partial charge on any atom is -0.497 e. The third-order valence-corrected chi connectivity index (χ3v) is 3.59. The van der Waals surface area contributed by atoms with E-state index < -0.39 is 0 Å². The van der Waals surface area contributed by atoms with Crippen LogP contribution in [0.5, 0.6) is 5.75 Å². The van der Waals surface area contributed by atoms with Crippen molar-refractivity contribution in [2.24, 2.45) is 0 Å². The van der Waals surface area contributed by atoms with Gasteiger partial charge in [-0.15, -0.1) is 0 Å². The number of fused-ring (bicyclic) bond motifs is 1. The Labute approximate surface area is 114 Å². The van der Waals surface area contributed by atoms with Gasteiger partial charge in [0.15, 0.2) is 5.16 Å². The maximum absolute atomic E-state index is 5.19. The van der Waals surface area contributed by atoms with Gasteiger partial charge in [-0.3, -0.25) is 0 Å². The lowest BCUT2D eigenvalue weighted by molar-refractivity contribution is 0.391. The summed E-state index contributed by atoms with van der Waals surface area (Å²) in [5.74, 6) is 2.37. The molecular formula is C13H13N3O2S. The molecule has 0 fully saturated rings. The fraction of sp³-hybridized carbons (Fsp3) is 0.231. The largest absolute Gasteiger partial charge is 0.497 e. The molecule has 3 aromatic rings. The van der Waals surface area contributed by atoms with Gasteiger partial charge in [-0.25, -0.2) is 4.98 Å². The van der Waals surface area contributed by atoms with Crippen LogP contribution in [0.25, 0.3) is 11.0 Å². The van der Waals surface area contributed by atoms with Crippen molar-refractivity contribution >= 4 is 22.8 Å². The molecule has 0 radical (unpaired) electrons. The predicted molar refractivity (Wildman–Crippen MR) is 73.4 cm³/mol. The summed E-state index contributed by atoms with van der Waals surface area (Å²) in [5.41, 5.74) is 2.79. The molecule has 0 atom stereocenters. The van der Waals surface area contributed by atoms with Crippen molar-refractivity contribution in [2.45, 2.75) is 17.8 Å². The summed E-state index contributed by atoms with van der Waals surface area (Å²) in [6.07, 6.45) is 0. The van der Waals surface area contributed by atoms with E-state index in [4.69, 9.17) is 9.26 Å². The summed E-state index contributed by atoms with van der Waals surface area (Å²) >= 11 is 1.58. The van der Waals surface area contributed by atoms with Crippen LogP contribution in [-0.2, 0) is 5.75 Å². The Kier molecular flexibility index (Phi) is 3.16. The van der Waals surface area contributed by atoms with E-state index in [-0.39, 0.29) is 0 Å². The van der Waals surface area contributed by atoms with Crippen LogP contribution in [0.3, 0.4) is 0 Å². The topological polar surface area (TPSA) is 63.9 Å². The van der Waals surface area contributed by atoms with Crippen molar-refractivity contribution in [1.82, 2.24) is 15.1 Å². The molecule has 1 aromatic carbocycles. The molecule has 0 aliphatic heterocycles. The number of ether oxygens (including phenoxy) is 1. The Balaban J connectivity index is 1.77. The standard InChI is InChI=1S/C13H13N3O2S/c1-8-5-10(18-16-8)7-19-13-14-11-4-3-9(17-2)6-12(11)15-13/h3-6H,7H2,1-2H3,(H,14,15). The van der Waals surface area contributed by atoms with Gasteiger partial charge in [0.2, 0.25) is 0 Å². The summed E-state index contributed by atoms with van der Waals surface area (Å²) in [6.45, 7) is 1.91. The minimum atomic E-state index is 0.706. The van der Waals surface area contributed by atoms with Gasteiger partial charge in [0.1, 0.15) is 11.5 Å². The highest BCUT2D eigenvalue weighted by Crippen LogP contribution is 2.25. The number of imidazole rings is 1. The first-order valence-corrected chi connectivity index (χ1v) is 6.82. The van der Waals surface area contributed by atoms with Crippen LogP contribution in [-0.4, -0.2) is 22.2 Å². The summed E-state index contributed by atoms with van der Waals surface area (Å²) < 4.78 is 10.3. The number of aromatic nitrogens is 3. The maximum Gasteiger partial charge on any atom is 0.166 e. The molecule has 0 unspecified atom stereocenters. The number of nitrogens with one attached hydrogen (secondary N) is 1. The number of H-pyrrole nitrogens is 1. The van der Waals surface area contributed by atoms with Gasteiger partial charge in [-0.05, 0) is 19.1 Å². The number of rotatable bonds is 4. The quantitative estimate of drug-likeness (QED) is 0.741. The van der Waals surface area contributed by atoms with Gasteiger partial charge in [0.25, 0.3) is 0 Å². The van der Waals surface area contributed by atoms with Crippen LogP contribution in [0.1, 0.15) is 11.5 Å². The molecule has 98 valence electrons. The smallest absolute Gasteiger partial charge is 0.166 e.